The van der Waals surface area contributed by atoms with Gasteiger partial charge in [-0.1, -0.05) is 22.9 Å². The lowest BCUT2D eigenvalue weighted by Gasteiger charge is -2.12. The molecule has 0 bridgehead atoms. The van der Waals surface area contributed by atoms with Crippen molar-refractivity contribution in [3.8, 4) is 10.4 Å². The number of sulfonamides is 1. The number of halogens is 7. The number of carbonyl (C=O) groups is 3. The quantitative estimate of drug-likeness (QED) is 0.238. The van der Waals surface area contributed by atoms with E-state index < -0.39 is 34.3 Å². The van der Waals surface area contributed by atoms with Gasteiger partial charge in [0.2, 0.25) is 15.9 Å². The first-order valence-corrected chi connectivity index (χ1v) is 13.5. The Bertz CT molecular complexity index is 1290. The number of alkyl halides is 6. The zero-order valence-corrected chi connectivity index (χ0v) is 23.9. The highest BCUT2D eigenvalue weighted by molar-refractivity contribution is 7.92. The zero-order valence-electron chi connectivity index (χ0n) is 21.5. The van der Waals surface area contributed by atoms with Crippen molar-refractivity contribution in [3.05, 3.63) is 23.1 Å². The summed E-state index contributed by atoms with van der Waals surface area (Å²) in [6.45, 7) is 3.87. The van der Waals surface area contributed by atoms with Crippen molar-refractivity contribution in [2.45, 2.75) is 32.6 Å². The van der Waals surface area contributed by atoms with Crippen LogP contribution in [0.4, 0.5) is 37.2 Å². The fourth-order valence-corrected chi connectivity index (χ4v) is 4.60. The third-order valence-electron chi connectivity index (χ3n) is 3.95. The van der Waals surface area contributed by atoms with Crippen LogP contribution in [0.5, 0.6) is 0 Å². The van der Waals surface area contributed by atoms with Gasteiger partial charge in [-0.2, -0.15) is 26.3 Å². The van der Waals surface area contributed by atoms with Crippen molar-refractivity contribution in [3.63, 3.8) is 0 Å². The van der Waals surface area contributed by atoms with Gasteiger partial charge in [-0.3, -0.25) is 9.52 Å². The van der Waals surface area contributed by atoms with E-state index >= 15 is 0 Å². The Morgan fingerprint density at radius 2 is 1.56 bits per heavy atom. The molecule has 0 atom stereocenters. The number of amides is 1. The molecule has 0 spiro atoms. The van der Waals surface area contributed by atoms with Crippen LogP contribution in [0, 0.1) is 6.92 Å². The number of aryl methyl sites for hydroxylation is 1. The van der Waals surface area contributed by atoms with Crippen molar-refractivity contribution < 1.29 is 59.4 Å². The van der Waals surface area contributed by atoms with Crippen LogP contribution in [-0.2, 0) is 24.4 Å². The molecule has 0 aliphatic carbocycles. The fraction of sp³-hybridized carbons (Fsp3) is 0.450. The highest BCUT2D eigenvalue weighted by Crippen LogP contribution is 2.35. The van der Waals surface area contributed by atoms with Crippen LogP contribution < -0.4 is 10.0 Å². The number of thiazole rings is 1. The SMILES string of the molecule is CC(=O)Nc1nc(C)c(-c2cnc(Cl)c(NS(=O)(=O)CCCN(C)C)c2)s1.O=C(O)C(F)(F)F.O=C(O)C(F)(F)F. The van der Waals surface area contributed by atoms with E-state index in [4.69, 9.17) is 31.4 Å². The van der Waals surface area contributed by atoms with Gasteiger partial charge in [-0.05, 0) is 40.1 Å². The molecule has 12 nitrogen and oxygen atoms in total. The molecule has 2 heterocycles. The number of carbonyl (C=O) groups excluding carboxylic acids is 1. The summed E-state index contributed by atoms with van der Waals surface area (Å²) in [5.41, 5.74) is 1.58. The smallest absolute Gasteiger partial charge is 0.475 e. The number of pyridine rings is 1. The number of rotatable bonds is 8. The second-order valence-corrected chi connectivity index (χ2v) is 11.1. The number of nitrogens with zero attached hydrogens (tertiary/aromatic N) is 3. The van der Waals surface area contributed by atoms with E-state index in [1.165, 1.54) is 18.3 Å². The second-order valence-electron chi connectivity index (χ2n) is 7.86. The lowest BCUT2D eigenvalue weighted by atomic mass is 10.2. The molecule has 232 valence electrons. The second kappa shape index (κ2) is 15.7. The van der Waals surface area contributed by atoms with Crippen LogP contribution in [-0.4, -0.2) is 90.1 Å². The minimum atomic E-state index is -5.08. The predicted octanol–water partition coefficient (Wildman–Crippen LogP) is 4.09. The molecule has 4 N–H and O–H groups in total. The fourth-order valence-electron chi connectivity index (χ4n) is 2.30. The molecule has 2 rings (SSSR count). The molecule has 1 amide bonds. The third-order valence-corrected chi connectivity index (χ3v) is 6.73. The molecule has 0 fully saturated rings. The van der Waals surface area contributed by atoms with Crippen LogP contribution in [0.25, 0.3) is 10.4 Å². The normalized spacial score (nSPS) is 11.5. The van der Waals surface area contributed by atoms with E-state index in [9.17, 15) is 39.6 Å². The average Bonchev–Trinajstić information content (AvgIpc) is 3.13. The summed E-state index contributed by atoms with van der Waals surface area (Å²) in [4.78, 5) is 40.1. The Labute approximate surface area is 238 Å². The highest BCUT2D eigenvalue weighted by Gasteiger charge is 2.38. The molecule has 2 aromatic heterocycles. The number of nitrogens with one attached hydrogen (secondary N) is 2. The van der Waals surface area contributed by atoms with Crippen molar-refractivity contribution >= 4 is 61.6 Å². The maximum Gasteiger partial charge on any atom is 0.490 e. The molecular formula is C20H24ClF6N5O7S2. The molecule has 2 aromatic rings. The summed E-state index contributed by atoms with van der Waals surface area (Å²) in [7, 11) is 0.229. The van der Waals surface area contributed by atoms with Gasteiger partial charge in [-0.25, -0.2) is 28.0 Å². The maximum atomic E-state index is 12.3. The summed E-state index contributed by atoms with van der Waals surface area (Å²) in [5.74, 6) is -5.74. The van der Waals surface area contributed by atoms with Crippen LogP contribution in [0.15, 0.2) is 12.3 Å². The lowest BCUT2D eigenvalue weighted by Crippen LogP contribution is -2.21. The Hall–Kier alpha value is -3.23. The number of hydrogen-bond donors (Lipinski definition) is 4. The first kappa shape index (κ1) is 37.8. The topological polar surface area (TPSA) is 179 Å². The van der Waals surface area contributed by atoms with Gasteiger partial charge in [0.05, 0.1) is 22.0 Å². The molecule has 0 unspecified atom stereocenters. The van der Waals surface area contributed by atoms with Gasteiger partial charge in [0, 0.05) is 18.7 Å². The predicted molar refractivity (Wildman–Crippen MR) is 137 cm³/mol. The van der Waals surface area contributed by atoms with Crippen molar-refractivity contribution in [1.82, 2.24) is 14.9 Å². The number of hydrogen-bond acceptors (Lipinski definition) is 9. The number of carboxylic acid groups (broad SMARTS) is 2. The molecule has 41 heavy (non-hydrogen) atoms. The number of carboxylic acids is 2. The van der Waals surface area contributed by atoms with Gasteiger partial charge in [-0.15, -0.1) is 0 Å². The highest BCUT2D eigenvalue weighted by atomic mass is 35.5. The molecule has 21 heteroatoms. The van der Waals surface area contributed by atoms with E-state index in [1.807, 2.05) is 19.0 Å². The summed E-state index contributed by atoms with van der Waals surface area (Å²) in [5, 5.41) is 17.4. The summed E-state index contributed by atoms with van der Waals surface area (Å²) in [6.07, 6.45) is -8.12. The zero-order chi connectivity index (χ0) is 32.3. The average molecular weight is 660 g/mol. The Kier molecular flexibility index (Phi) is 14.4. The van der Waals surface area contributed by atoms with Crippen molar-refractivity contribution in [2.75, 3.05) is 36.4 Å². The lowest BCUT2D eigenvalue weighted by molar-refractivity contribution is -0.193. The molecule has 0 aliphatic heterocycles. The van der Waals surface area contributed by atoms with E-state index in [0.29, 0.717) is 29.4 Å². The maximum absolute atomic E-state index is 12.3. The summed E-state index contributed by atoms with van der Waals surface area (Å²) >= 11 is 7.35. The molecule has 0 saturated carbocycles. The van der Waals surface area contributed by atoms with Gasteiger partial charge in [0.1, 0.15) is 0 Å². The first-order valence-electron chi connectivity index (χ1n) is 10.6. The van der Waals surface area contributed by atoms with E-state index in [-0.39, 0.29) is 22.5 Å². The van der Waals surface area contributed by atoms with Crippen LogP contribution in [0.1, 0.15) is 19.0 Å². The number of anilines is 2. The Morgan fingerprint density at radius 3 is 1.98 bits per heavy atom. The molecule has 0 saturated heterocycles. The third kappa shape index (κ3) is 15.4. The molecule has 0 radical (unpaired) electrons. The van der Waals surface area contributed by atoms with Crippen molar-refractivity contribution in [2.24, 2.45) is 0 Å². The van der Waals surface area contributed by atoms with Crippen LogP contribution >= 0.6 is 22.9 Å². The van der Waals surface area contributed by atoms with Crippen LogP contribution in [0.2, 0.25) is 5.15 Å². The van der Waals surface area contributed by atoms with E-state index in [2.05, 4.69) is 20.0 Å². The van der Waals surface area contributed by atoms with E-state index in [0.717, 1.165) is 4.88 Å². The first-order chi connectivity index (χ1) is 18.5. The Morgan fingerprint density at radius 1 is 1.07 bits per heavy atom. The Balaban J connectivity index is 0.000000941. The molecule has 0 aromatic carbocycles. The summed E-state index contributed by atoms with van der Waals surface area (Å²) < 4.78 is 90.6. The van der Waals surface area contributed by atoms with Crippen LogP contribution in [0.3, 0.4) is 0 Å². The van der Waals surface area contributed by atoms with Gasteiger partial charge < -0.3 is 20.4 Å². The molecular weight excluding hydrogens is 636 g/mol. The number of aliphatic carboxylic acids is 2. The van der Waals surface area contributed by atoms with E-state index in [1.54, 1.807) is 19.2 Å². The minimum Gasteiger partial charge on any atom is -0.475 e. The minimum absolute atomic E-state index is 0.0159. The largest absolute Gasteiger partial charge is 0.490 e. The number of aromatic nitrogens is 2. The molecule has 0 aliphatic rings. The summed E-state index contributed by atoms with van der Waals surface area (Å²) in [6, 6.07) is 1.62. The van der Waals surface area contributed by atoms with Gasteiger partial charge >= 0.3 is 24.3 Å². The monoisotopic (exact) mass is 659 g/mol. The van der Waals surface area contributed by atoms with Gasteiger partial charge in [0.25, 0.3) is 0 Å². The van der Waals surface area contributed by atoms with Crippen molar-refractivity contribution in [1.29, 1.82) is 0 Å². The van der Waals surface area contributed by atoms with Gasteiger partial charge in [0.15, 0.2) is 10.3 Å². The standard InChI is InChI=1S/C16H22ClN5O3S2.2C2HF3O2/c1-10-14(26-16(19-10)20-11(2)23)12-8-13(15(17)18-9-12)21-27(24,25)7-5-6-22(3)4;2*3-2(4,5)1(6)7/h8-9,21H,5-7H2,1-4H3,(H,19,20,23);2*(H,6,7).